The third kappa shape index (κ3) is 2.36. The molecule has 0 aliphatic carbocycles. The Bertz CT molecular complexity index is 551. The van der Waals surface area contributed by atoms with E-state index in [2.05, 4.69) is 5.10 Å². The van der Waals surface area contributed by atoms with Gasteiger partial charge < -0.3 is 10.5 Å². The molecule has 0 fully saturated rings. The first-order valence-electron chi connectivity index (χ1n) is 5.72. The van der Waals surface area contributed by atoms with Crippen LogP contribution < -0.4 is 10.5 Å². The second-order valence-electron chi connectivity index (χ2n) is 4.05. The van der Waals surface area contributed by atoms with Crippen molar-refractivity contribution in [3.63, 3.8) is 0 Å². The molecular formula is C13H16FN3O. The molecule has 0 saturated heterocycles. The number of aryl methyl sites for hydroxylation is 1. The number of ether oxygens (including phenoxy) is 1. The second-order valence-corrected chi connectivity index (χ2v) is 4.05. The van der Waals surface area contributed by atoms with Gasteiger partial charge in [-0.1, -0.05) is 6.07 Å². The number of halogens is 1. The first-order chi connectivity index (χ1) is 8.65. The summed E-state index contributed by atoms with van der Waals surface area (Å²) in [5.74, 6) is -0.138. The number of rotatable bonds is 4. The smallest absolute Gasteiger partial charge is 0.165 e. The summed E-state index contributed by atoms with van der Waals surface area (Å²) in [5.41, 5.74) is 8.12. The third-order valence-corrected chi connectivity index (χ3v) is 2.75. The van der Waals surface area contributed by atoms with Gasteiger partial charge in [-0.05, 0) is 24.2 Å². The molecule has 2 N–H and O–H groups in total. The van der Waals surface area contributed by atoms with Gasteiger partial charge in [-0.2, -0.15) is 5.10 Å². The van der Waals surface area contributed by atoms with Crippen molar-refractivity contribution in [3.8, 4) is 16.9 Å². The predicted molar refractivity (Wildman–Crippen MR) is 67.9 cm³/mol. The highest BCUT2D eigenvalue weighted by Crippen LogP contribution is 2.27. The number of hydrogen-bond donors (Lipinski definition) is 1. The average molecular weight is 249 g/mol. The van der Waals surface area contributed by atoms with E-state index in [0.29, 0.717) is 13.0 Å². The highest BCUT2D eigenvalue weighted by atomic mass is 19.1. The van der Waals surface area contributed by atoms with Gasteiger partial charge in [0.25, 0.3) is 0 Å². The van der Waals surface area contributed by atoms with E-state index in [1.165, 1.54) is 13.2 Å². The van der Waals surface area contributed by atoms with Crippen molar-refractivity contribution in [2.75, 3.05) is 13.7 Å². The first-order valence-corrected chi connectivity index (χ1v) is 5.72. The van der Waals surface area contributed by atoms with E-state index < -0.39 is 0 Å². The first kappa shape index (κ1) is 12.6. The van der Waals surface area contributed by atoms with E-state index in [-0.39, 0.29) is 11.6 Å². The molecular weight excluding hydrogens is 233 g/mol. The molecule has 1 heterocycles. The van der Waals surface area contributed by atoms with Gasteiger partial charge >= 0.3 is 0 Å². The Morgan fingerprint density at radius 2 is 2.22 bits per heavy atom. The molecule has 1 aromatic carbocycles. The highest BCUT2D eigenvalue weighted by Gasteiger charge is 2.11. The van der Waals surface area contributed by atoms with E-state index in [1.807, 2.05) is 19.3 Å². The fraction of sp³-hybridized carbons (Fsp3) is 0.308. The fourth-order valence-corrected chi connectivity index (χ4v) is 1.93. The minimum atomic E-state index is -0.377. The summed E-state index contributed by atoms with van der Waals surface area (Å²) in [4.78, 5) is 0. The average Bonchev–Trinajstić information content (AvgIpc) is 2.71. The summed E-state index contributed by atoms with van der Waals surface area (Å²) in [6.45, 7) is 0.517. The number of nitrogens with zero attached hydrogens (tertiary/aromatic N) is 2. The maximum absolute atomic E-state index is 13.7. The van der Waals surface area contributed by atoms with Crippen LogP contribution in [0, 0.1) is 5.82 Å². The summed E-state index contributed by atoms with van der Waals surface area (Å²) < 4.78 is 20.3. The number of benzene rings is 1. The van der Waals surface area contributed by atoms with Crippen LogP contribution >= 0.6 is 0 Å². The molecule has 0 radical (unpaired) electrons. The maximum Gasteiger partial charge on any atom is 0.165 e. The van der Waals surface area contributed by atoms with Crippen molar-refractivity contribution in [1.82, 2.24) is 9.78 Å². The molecule has 0 bridgehead atoms. The van der Waals surface area contributed by atoms with Crippen molar-refractivity contribution < 1.29 is 9.13 Å². The minimum absolute atomic E-state index is 0.239. The summed E-state index contributed by atoms with van der Waals surface area (Å²) >= 11 is 0. The van der Waals surface area contributed by atoms with E-state index in [9.17, 15) is 4.39 Å². The summed E-state index contributed by atoms with van der Waals surface area (Å²) in [6, 6.07) is 4.89. The topological polar surface area (TPSA) is 53.1 Å². The Kier molecular flexibility index (Phi) is 3.62. The molecule has 18 heavy (non-hydrogen) atoms. The Hall–Kier alpha value is -1.88. The SMILES string of the molecule is COc1ccc(-c2cn(C)nc2CCN)cc1F. The van der Waals surface area contributed by atoms with Crippen LogP contribution in [0.25, 0.3) is 11.1 Å². The van der Waals surface area contributed by atoms with Gasteiger partial charge in [0.1, 0.15) is 0 Å². The Balaban J connectivity index is 2.44. The molecule has 1 aromatic heterocycles. The highest BCUT2D eigenvalue weighted by molar-refractivity contribution is 5.66. The Morgan fingerprint density at radius 1 is 1.44 bits per heavy atom. The van der Waals surface area contributed by atoms with Gasteiger partial charge in [0.15, 0.2) is 11.6 Å². The second kappa shape index (κ2) is 5.18. The lowest BCUT2D eigenvalue weighted by molar-refractivity contribution is 0.386. The summed E-state index contributed by atoms with van der Waals surface area (Å²) in [6.07, 6.45) is 2.54. The normalized spacial score (nSPS) is 10.7. The van der Waals surface area contributed by atoms with Crippen LogP contribution in [-0.2, 0) is 13.5 Å². The monoisotopic (exact) mass is 249 g/mol. The quantitative estimate of drug-likeness (QED) is 0.898. The summed E-state index contributed by atoms with van der Waals surface area (Å²) in [5, 5.41) is 4.33. The minimum Gasteiger partial charge on any atom is -0.494 e. The van der Waals surface area contributed by atoms with Crippen LogP contribution in [-0.4, -0.2) is 23.4 Å². The lowest BCUT2D eigenvalue weighted by atomic mass is 10.0. The zero-order valence-corrected chi connectivity index (χ0v) is 10.5. The predicted octanol–water partition coefficient (Wildman–Crippen LogP) is 1.74. The molecule has 96 valence electrons. The molecule has 0 spiro atoms. The zero-order chi connectivity index (χ0) is 13.1. The van der Waals surface area contributed by atoms with Crippen LogP contribution in [0.4, 0.5) is 4.39 Å². The van der Waals surface area contributed by atoms with Crippen molar-refractivity contribution in [2.45, 2.75) is 6.42 Å². The van der Waals surface area contributed by atoms with E-state index >= 15 is 0 Å². The van der Waals surface area contributed by atoms with Crippen LogP contribution in [0.5, 0.6) is 5.75 Å². The van der Waals surface area contributed by atoms with Crippen molar-refractivity contribution in [3.05, 3.63) is 35.9 Å². The fourth-order valence-electron chi connectivity index (χ4n) is 1.93. The van der Waals surface area contributed by atoms with Gasteiger partial charge in [-0.15, -0.1) is 0 Å². The van der Waals surface area contributed by atoms with Crippen LogP contribution in [0.3, 0.4) is 0 Å². The molecule has 2 rings (SSSR count). The Labute approximate surface area is 105 Å². The maximum atomic E-state index is 13.7. The van der Waals surface area contributed by atoms with Crippen LogP contribution in [0.2, 0.25) is 0 Å². The van der Waals surface area contributed by atoms with Gasteiger partial charge in [0, 0.05) is 25.2 Å². The van der Waals surface area contributed by atoms with Gasteiger partial charge in [0.05, 0.1) is 12.8 Å². The number of hydrogen-bond acceptors (Lipinski definition) is 3. The number of nitrogens with two attached hydrogens (primary N) is 1. The molecule has 0 unspecified atom stereocenters. The van der Waals surface area contributed by atoms with Crippen LogP contribution in [0.15, 0.2) is 24.4 Å². The van der Waals surface area contributed by atoms with Crippen molar-refractivity contribution in [2.24, 2.45) is 12.8 Å². The van der Waals surface area contributed by atoms with E-state index in [0.717, 1.165) is 16.8 Å². The van der Waals surface area contributed by atoms with Gasteiger partial charge in [0.2, 0.25) is 0 Å². The number of methoxy groups -OCH3 is 1. The van der Waals surface area contributed by atoms with E-state index in [1.54, 1.807) is 10.7 Å². The lowest BCUT2D eigenvalue weighted by Crippen LogP contribution is -2.04. The van der Waals surface area contributed by atoms with Gasteiger partial charge in [-0.3, -0.25) is 4.68 Å². The molecule has 2 aromatic rings. The largest absolute Gasteiger partial charge is 0.494 e. The Morgan fingerprint density at radius 3 is 2.83 bits per heavy atom. The molecule has 0 amide bonds. The molecule has 5 heteroatoms. The zero-order valence-electron chi connectivity index (χ0n) is 10.5. The summed E-state index contributed by atoms with van der Waals surface area (Å²) in [7, 11) is 3.28. The van der Waals surface area contributed by atoms with Crippen LogP contribution in [0.1, 0.15) is 5.69 Å². The molecule has 0 aliphatic rings. The molecule has 0 saturated carbocycles. The molecule has 0 atom stereocenters. The van der Waals surface area contributed by atoms with Crippen molar-refractivity contribution >= 4 is 0 Å². The molecule has 0 aliphatic heterocycles. The third-order valence-electron chi connectivity index (χ3n) is 2.75. The number of aromatic nitrogens is 2. The van der Waals surface area contributed by atoms with Crippen molar-refractivity contribution in [1.29, 1.82) is 0 Å². The van der Waals surface area contributed by atoms with Gasteiger partial charge in [-0.25, -0.2) is 4.39 Å². The lowest BCUT2D eigenvalue weighted by Gasteiger charge is -2.05. The molecule has 4 nitrogen and oxygen atoms in total. The van der Waals surface area contributed by atoms with E-state index in [4.69, 9.17) is 10.5 Å². The standard InChI is InChI=1S/C13H16FN3O/c1-17-8-10(12(16-17)5-6-15)9-3-4-13(18-2)11(14)7-9/h3-4,7-8H,5-6,15H2,1-2H3.